The van der Waals surface area contributed by atoms with Crippen molar-refractivity contribution in [1.29, 1.82) is 0 Å². The van der Waals surface area contributed by atoms with E-state index in [1.165, 1.54) is 5.56 Å². The summed E-state index contributed by atoms with van der Waals surface area (Å²) in [4.78, 5) is 14.3. The Balaban J connectivity index is 2.11. The van der Waals surface area contributed by atoms with Crippen LogP contribution in [-0.2, 0) is 6.42 Å². The van der Waals surface area contributed by atoms with Crippen LogP contribution >= 0.6 is 11.8 Å². The van der Waals surface area contributed by atoms with Crippen LogP contribution in [0.4, 0.5) is 4.79 Å². The first kappa shape index (κ1) is 16.2. The van der Waals surface area contributed by atoms with Crippen molar-refractivity contribution in [2.75, 3.05) is 25.2 Å². The van der Waals surface area contributed by atoms with Crippen LogP contribution in [-0.4, -0.2) is 47.2 Å². The fourth-order valence-corrected chi connectivity index (χ4v) is 3.53. The van der Waals surface area contributed by atoms with Gasteiger partial charge in [0.1, 0.15) is 0 Å². The smallest absolute Gasteiger partial charge is 0.318 e. The van der Waals surface area contributed by atoms with Crippen molar-refractivity contribution in [3.8, 4) is 0 Å². The van der Waals surface area contributed by atoms with E-state index in [-0.39, 0.29) is 24.7 Å². The summed E-state index contributed by atoms with van der Waals surface area (Å²) >= 11 is 1.74. The molecule has 4 nitrogen and oxygen atoms in total. The van der Waals surface area contributed by atoms with Crippen LogP contribution in [0.3, 0.4) is 0 Å². The first-order valence-electron chi connectivity index (χ1n) is 7.46. The van der Waals surface area contributed by atoms with Crippen molar-refractivity contribution in [3.05, 3.63) is 35.4 Å². The highest BCUT2D eigenvalue weighted by Gasteiger charge is 2.30. The summed E-state index contributed by atoms with van der Waals surface area (Å²) < 4.78 is 0. The first-order chi connectivity index (χ1) is 10.2. The summed E-state index contributed by atoms with van der Waals surface area (Å²) in [6.45, 7) is 2.70. The number of carbonyl (C=O) groups excluding carboxylic acids is 1. The number of hydrogen-bond donors (Lipinski definition) is 2. The second-order valence-corrected chi connectivity index (χ2v) is 6.26. The van der Waals surface area contributed by atoms with Crippen molar-refractivity contribution in [1.82, 2.24) is 10.2 Å². The lowest BCUT2D eigenvalue weighted by atomic mass is 9.93. The molecular weight excluding hydrogens is 284 g/mol. The Morgan fingerprint density at radius 1 is 1.52 bits per heavy atom. The summed E-state index contributed by atoms with van der Waals surface area (Å²) in [6.07, 6.45) is 3.81. The molecule has 2 atom stereocenters. The molecule has 0 aliphatic carbocycles. The lowest BCUT2D eigenvalue weighted by Crippen LogP contribution is -2.50. The molecule has 0 saturated heterocycles. The molecule has 2 rings (SSSR count). The zero-order chi connectivity index (χ0) is 15.2. The Hall–Kier alpha value is -1.20. The summed E-state index contributed by atoms with van der Waals surface area (Å²) in [5, 5.41) is 12.8. The van der Waals surface area contributed by atoms with E-state index in [9.17, 15) is 9.90 Å². The van der Waals surface area contributed by atoms with Crippen LogP contribution in [0.2, 0.25) is 0 Å². The molecule has 0 saturated carbocycles. The fraction of sp³-hybridized carbons (Fsp3) is 0.562. The van der Waals surface area contributed by atoms with Gasteiger partial charge in [-0.05, 0) is 30.2 Å². The van der Waals surface area contributed by atoms with E-state index >= 15 is 0 Å². The molecule has 5 heteroatoms. The molecular formula is C16H24N2O2S. The lowest BCUT2D eigenvalue weighted by molar-refractivity contribution is 0.125. The maximum atomic E-state index is 12.5. The van der Waals surface area contributed by atoms with E-state index in [1.54, 1.807) is 16.7 Å². The van der Waals surface area contributed by atoms with Crippen LogP contribution in [0.15, 0.2) is 24.3 Å². The summed E-state index contributed by atoms with van der Waals surface area (Å²) in [5.74, 6) is 0.913. The summed E-state index contributed by atoms with van der Waals surface area (Å²) in [5.41, 5.74) is 2.30. The van der Waals surface area contributed by atoms with E-state index in [0.717, 1.165) is 24.2 Å². The quantitative estimate of drug-likeness (QED) is 0.878. The van der Waals surface area contributed by atoms with Gasteiger partial charge >= 0.3 is 6.03 Å². The number of urea groups is 1. The van der Waals surface area contributed by atoms with E-state index in [2.05, 4.69) is 18.3 Å². The van der Waals surface area contributed by atoms with Crippen LogP contribution in [0.1, 0.15) is 30.5 Å². The number of hydrogen-bond acceptors (Lipinski definition) is 3. The molecule has 2 amide bonds. The molecule has 0 fully saturated rings. The van der Waals surface area contributed by atoms with Crippen molar-refractivity contribution in [3.63, 3.8) is 0 Å². The number of thioether (sulfide) groups is 1. The van der Waals surface area contributed by atoms with E-state index in [0.29, 0.717) is 6.54 Å². The topological polar surface area (TPSA) is 52.6 Å². The Kier molecular flexibility index (Phi) is 5.94. The SMILES string of the molecule is CCC(CSC)NC(=O)N1CCc2ccccc2C1CO. The van der Waals surface area contributed by atoms with Crippen molar-refractivity contribution in [2.45, 2.75) is 31.8 Å². The zero-order valence-electron chi connectivity index (χ0n) is 12.7. The monoisotopic (exact) mass is 308 g/mol. The van der Waals surface area contributed by atoms with Crippen LogP contribution in [0, 0.1) is 0 Å². The molecule has 2 unspecified atom stereocenters. The van der Waals surface area contributed by atoms with Crippen LogP contribution < -0.4 is 5.32 Å². The van der Waals surface area contributed by atoms with Crippen LogP contribution in [0.5, 0.6) is 0 Å². The molecule has 21 heavy (non-hydrogen) atoms. The van der Waals surface area contributed by atoms with Gasteiger partial charge in [0.2, 0.25) is 0 Å². The van der Waals surface area contributed by atoms with Crippen molar-refractivity contribution >= 4 is 17.8 Å². The third-order valence-electron chi connectivity index (χ3n) is 4.03. The second-order valence-electron chi connectivity index (χ2n) is 5.35. The molecule has 0 bridgehead atoms. The van der Waals surface area contributed by atoms with Crippen LogP contribution in [0.25, 0.3) is 0 Å². The number of aliphatic hydroxyl groups is 1. The summed E-state index contributed by atoms with van der Waals surface area (Å²) in [6, 6.07) is 7.94. The maximum Gasteiger partial charge on any atom is 0.318 e. The molecule has 1 heterocycles. The highest BCUT2D eigenvalue weighted by molar-refractivity contribution is 7.98. The average Bonchev–Trinajstić information content (AvgIpc) is 2.53. The highest BCUT2D eigenvalue weighted by atomic mass is 32.2. The number of nitrogens with zero attached hydrogens (tertiary/aromatic N) is 1. The summed E-state index contributed by atoms with van der Waals surface area (Å²) in [7, 11) is 0. The third kappa shape index (κ3) is 3.71. The Morgan fingerprint density at radius 3 is 2.95 bits per heavy atom. The van der Waals surface area contributed by atoms with Gasteiger partial charge in [-0.2, -0.15) is 11.8 Å². The fourth-order valence-electron chi connectivity index (χ4n) is 2.81. The number of carbonyl (C=O) groups is 1. The molecule has 0 aromatic heterocycles. The van der Waals surface area contributed by atoms with Crippen molar-refractivity contribution in [2.24, 2.45) is 0 Å². The zero-order valence-corrected chi connectivity index (χ0v) is 13.5. The van der Waals surface area contributed by atoms with Gasteiger partial charge < -0.3 is 15.3 Å². The van der Waals surface area contributed by atoms with Gasteiger partial charge in [0, 0.05) is 18.3 Å². The second kappa shape index (κ2) is 7.71. The van der Waals surface area contributed by atoms with Gasteiger partial charge in [0.15, 0.2) is 0 Å². The molecule has 0 radical (unpaired) electrons. The van der Waals surface area contributed by atoms with E-state index in [4.69, 9.17) is 0 Å². The van der Waals surface area contributed by atoms with Gasteiger partial charge in [-0.1, -0.05) is 31.2 Å². The molecule has 116 valence electrons. The van der Waals surface area contributed by atoms with Crippen molar-refractivity contribution < 1.29 is 9.90 Å². The van der Waals surface area contributed by atoms with Gasteiger partial charge in [0.25, 0.3) is 0 Å². The largest absolute Gasteiger partial charge is 0.394 e. The van der Waals surface area contributed by atoms with Gasteiger partial charge in [-0.25, -0.2) is 4.79 Å². The third-order valence-corrected chi connectivity index (χ3v) is 4.77. The number of benzene rings is 1. The van der Waals surface area contributed by atoms with E-state index < -0.39 is 0 Å². The number of aliphatic hydroxyl groups excluding tert-OH is 1. The normalized spacial score (nSPS) is 19.0. The Labute approximate surface area is 130 Å². The molecule has 1 aromatic rings. The minimum absolute atomic E-state index is 0.0379. The number of fused-ring (bicyclic) bond motifs is 1. The lowest BCUT2D eigenvalue weighted by Gasteiger charge is -2.37. The van der Waals surface area contributed by atoms with Gasteiger partial charge in [0.05, 0.1) is 12.6 Å². The number of nitrogens with one attached hydrogen (secondary N) is 1. The number of rotatable bonds is 5. The minimum atomic E-state index is -0.235. The molecule has 2 N–H and O–H groups in total. The predicted molar refractivity (Wildman–Crippen MR) is 87.7 cm³/mol. The van der Waals surface area contributed by atoms with Gasteiger partial charge in [-0.3, -0.25) is 0 Å². The Morgan fingerprint density at radius 2 is 2.29 bits per heavy atom. The predicted octanol–water partition coefficient (Wildman–Crippen LogP) is 2.43. The number of amides is 2. The molecule has 0 spiro atoms. The van der Waals surface area contributed by atoms with E-state index in [1.807, 2.05) is 24.5 Å². The molecule has 1 aromatic carbocycles. The molecule has 1 aliphatic rings. The first-order valence-corrected chi connectivity index (χ1v) is 8.85. The highest BCUT2D eigenvalue weighted by Crippen LogP contribution is 2.29. The molecule has 1 aliphatic heterocycles. The Bertz CT molecular complexity index is 481. The standard InChI is InChI=1S/C16H24N2O2S/c1-3-13(11-21-2)17-16(20)18-9-8-12-6-4-5-7-14(12)15(18)10-19/h4-7,13,15,19H,3,8-11H2,1-2H3,(H,17,20). The van der Waals surface area contributed by atoms with Gasteiger partial charge in [-0.15, -0.1) is 0 Å². The average molecular weight is 308 g/mol. The maximum absolute atomic E-state index is 12.5. The minimum Gasteiger partial charge on any atom is -0.394 e.